The number of methoxy groups -OCH3 is 1. The molecule has 0 fully saturated rings. The van der Waals surface area contributed by atoms with Crippen molar-refractivity contribution in [1.82, 2.24) is 0 Å². The van der Waals surface area contributed by atoms with Gasteiger partial charge in [-0.3, -0.25) is 0 Å². The molecule has 0 aliphatic heterocycles. The molecule has 0 amide bonds. The Labute approximate surface area is 125 Å². The van der Waals surface area contributed by atoms with Crippen LogP contribution in [0.5, 0.6) is 5.75 Å². The molecule has 19 heavy (non-hydrogen) atoms. The number of hydrogen-bond acceptors (Lipinski definition) is 4. The Morgan fingerprint density at radius 3 is 2.68 bits per heavy atom. The Morgan fingerprint density at radius 2 is 2.21 bits per heavy atom. The predicted octanol–water partition coefficient (Wildman–Crippen LogP) is 2.91. The van der Waals surface area contributed by atoms with Crippen LogP contribution in [0.2, 0.25) is 0 Å². The minimum atomic E-state index is 0.420. The summed E-state index contributed by atoms with van der Waals surface area (Å²) in [6.07, 6.45) is 3.20. The van der Waals surface area contributed by atoms with Crippen LogP contribution in [0, 0.1) is 0 Å². The van der Waals surface area contributed by atoms with Crippen LogP contribution in [-0.2, 0) is 0 Å². The van der Waals surface area contributed by atoms with Gasteiger partial charge in [0.1, 0.15) is 10.7 Å². The third-order valence-corrected chi connectivity index (χ3v) is 4.17. The standard InChI is InChI=1S/C14H22N2OS2/c1-5-10(9-19-4)16(2)13-8-11(17-3)6-7-12(13)14(15)18/h6-8,10H,5,9H2,1-4H3,(H2,15,18). The largest absolute Gasteiger partial charge is 0.497 e. The van der Waals surface area contributed by atoms with Crippen LogP contribution in [-0.4, -0.2) is 37.2 Å². The van der Waals surface area contributed by atoms with E-state index in [2.05, 4.69) is 25.1 Å². The fourth-order valence-corrected chi connectivity index (χ4v) is 3.05. The second kappa shape index (κ2) is 7.60. The van der Waals surface area contributed by atoms with Gasteiger partial charge in [-0.1, -0.05) is 19.1 Å². The lowest BCUT2D eigenvalue weighted by molar-refractivity contribution is 0.414. The summed E-state index contributed by atoms with van der Waals surface area (Å²) in [6.45, 7) is 2.19. The third kappa shape index (κ3) is 4.01. The Bertz CT molecular complexity index is 437. The van der Waals surface area contributed by atoms with Gasteiger partial charge in [-0.15, -0.1) is 0 Å². The fourth-order valence-electron chi connectivity index (χ4n) is 2.03. The molecule has 1 aromatic carbocycles. The topological polar surface area (TPSA) is 38.5 Å². The second-order valence-corrected chi connectivity index (χ2v) is 5.73. The molecule has 3 nitrogen and oxygen atoms in total. The summed E-state index contributed by atoms with van der Waals surface area (Å²) in [4.78, 5) is 2.66. The summed E-state index contributed by atoms with van der Waals surface area (Å²) >= 11 is 6.99. The first-order chi connectivity index (χ1) is 9.04. The van der Waals surface area contributed by atoms with Crippen LogP contribution < -0.4 is 15.4 Å². The summed E-state index contributed by atoms with van der Waals surface area (Å²) < 4.78 is 5.30. The van der Waals surface area contributed by atoms with Crippen molar-refractivity contribution in [2.75, 3.05) is 31.1 Å². The van der Waals surface area contributed by atoms with E-state index in [0.717, 1.165) is 29.2 Å². The first kappa shape index (κ1) is 16.1. The number of thioether (sulfide) groups is 1. The van der Waals surface area contributed by atoms with Crippen molar-refractivity contribution < 1.29 is 4.74 Å². The smallest absolute Gasteiger partial charge is 0.120 e. The summed E-state index contributed by atoms with van der Waals surface area (Å²) in [5.41, 5.74) is 7.75. The summed E-state index contributed by atoms with van der Waals surface area (Å²) in [7, 11) is 3.75. The maximum atomic E-state index is 5.82. The number of thiocarbonyl (C=S) groups is 1. The highest BCUT2D eigenvalue weighted by Gasteiger charge is 2.17. The molecule has 0 saturated carbocycles. The quantitative estimate of drug-likeness (QED) is 0.784. The van der Waals surface area contributed by atoms with Gasteiger partial charge in [0.15, 0.2) is 0 Å². The molecule has 1 unspecified atom stereocenters. The van der Waals surface area contributed by atoms with Gasteiger partial charge in [0.05, 0.1) is 12.8 Å². The van der Waals surface area contributed by atoms with Crippen LogP contribution >= 0.6 is 24.0 Å². The molecule has 0 aliphatic carbocycles. The van der Waals surface area contributed by atoms with Crippen LogP contribution in [0.15, 0.2) is 18.2 Å². The second-order valence-electron chi connectivity index (χ2n) is 4.38. The van der Waals surface area contributed by atoms with Gasteiger partial charge >= 0.3 is 0 Å². The van der Waals surface area contributed by atoms with Crippen molar-refractivity contribution in [3.05, 3.63) is 23.8 Å². The van der Waals surface area contributed by atoms with Crippen molar-refractivity contribution >= 4 is 34.7 Å². The van der Waals surface area contributed by atoms with Gasteiger partial charge in [0.2, 0.25) is 0 Å². The maximum Gasteiger partial charge on any atom is 0.120 e. The molecule has 0 aromatic heterocycles. The normalized spacial score (nSPS) is 12.0. The van der Waals surface area contributed by atoms with Gasteiger partial charge < -0.3 is 15.4 Å². The maximum absolute atomic E-state index is 5.82. The molecule has 0 bridgehead atoms. The number of nitrogens with two attached hydrogens (primary N) is 1. The molecular weight excluding hydrogens is 276 g/mol. The first-order valence-electron chi connectivity index (χ1n) is 6.24. The van der Waals surface area contributed by atoms with E-state index in [-0.39, 0.29) is 0 Å². The molecule has 1 rings (SSSR count). The number of anilines is 1. The van der Waals surface area contributed by atoms with Gasteiger partial charge in [-0.2, -0.15) is 11.8 Å². The third-order valence-electron chi connectivity index (χ3n) is 3.23. The zero-order chi connectivity index (χ0) is 14.4. The Kier molecular flexibility index (Phi) is 6.45. The van der Waals surface area contributed by atoms with Gasteiger partial charge in [0.25, 0.3) is 0 Å². The van der Waals surface area contributed by atoms with Crippen molar-refractivity contribution in [3.8, 4) is 5.75 Å². The number of rotatable bonds is 7. The molecule has 0 radical (unpaired) electrons. The van der Waals surface area contributed by atoms with Crippen LogP contribution in [0.25, 0.3) is 0 Å². The summed E-state index contributed by atoms with van der Waals surface area (Å²) in [5.74, 6) is 1.89. The summed E-state index contributed by atoms with van der Waals surface area (Å²) in [5, 5.41) is 0. The minimum Gasteiger partial charge on any atom is -0.497 e. The highest BCUT2D eigenvalue weighted by Crippen LogP contribution is 2.28. The molecule has 0 saturated heterocycles. The lowest BCUT2D eigenvalue weighted by Crippen LogP contribution is -2.34. The Hall–Kier alpha value is -0.940. The molecule has 0 aliphatic rings. The lowest BCUT2D eigenvalue weighted by Gasteiger charge is -2.30. The van der Waals surface area contributed by atoms with Crippen molar-refractivity contribution in [3.63, 3.8) is 0 Å². The van der Waals surface area contributed by atoms with Gasteiger partial charge in [0, 0.05) is 30.5 Å². The molecule has 1 aromatic rings. The number of nitrogens with zero attached hydrogens (tertiary/aromatic N) is 1. The van der Waals surface area contributed by atoms with Crippen LogP contribution in [0.4, 0.5) is 5.69 Å². The van der Waals surface area contributed by atoms with E-state index in [9.17, 15) is 0 Å². The van der Waals surface area contributed by atoms with Crippen molar-refractivity contribution in [2.24, 2.45) is 5.73 Å². The van der Waals surface area contributed by atoms with E-state index in [1.54, 1.807) is 7.11 Å². The minimum absolute atomic E-state index is 0.420. The summed E-state index contributed by atoms with van der Waals surface area (Å²) in [6, 6.07) is 6.27. The average molecular weight is 298 g/mol. The molecular formula is C14H22N2OS2. The number of benzene rings is 1. The van der Waals surface area contributed by atoms with E-state index in [4.69, 9.17) is 22.7 Å². The average Bonchev–Trinajstić information content (AvgIpc) is 2.43. The zero-order valence-electron chi connectivity index (χ0n) is 12.0. The molecule has 106 valence electrons. The Balaban J connectivity index is 3.17. The Morgan fingerprint density at radius 1 is 1.53 bits per heavy atom. The fraction of sp³-hybridized carbons (Fsp3) is 0.500. The van der Waals surface area contributed by atoms with E-state index < -0.39 is 0 Å². The van der Waals surface area contributed by atoms with E-state index in [0.29, 0.717) is 11.0 Å². The predicted molar refractivity (Wildman–Crippen MR) is 89.7 cm³/mol. The SMILES string of the molecule is CCC(CSC)N(C)c1cc(OC)ccc1C(N)=S. The first-order valence-corrected chi connectivity index (χ1v) is 8.04. The van der Waals surface area contributed by atoms with Crippen molar-refractivity contribution in [2.45, 2.75) is 19.4 Å². The van der Waals surface area contributed by atoms with E-state index in [1.807, 2.05) is 30.0 Å². The molecule has 2 N–H and O–H groups in total. The zero-order valence-corrected chi connectivity index (χ0v) is 13.6. The number of hydrogen-bond donors (Lipinski definition) is 1. The van der Waals surface area contributed by atoms with Gasteiger partial charge in [-0.05, 0) is 24.8 Å². The molecule has 0 heterocycles. The van der Waals surface area contributed by atoms with Crippen LogP contribution in [0.3, 0.4) is 0 Å². The molecule has 0 spiro atoms. The van der Waals surface area contributed by atoms with Crippen molar-refractivity contribution in [1.29, 1.82) is 0 Å². The highest BCUT2D eigenvalue weighted by atomic mass is 32.2. The molecule has 1 atom stereocenters. The van der Waals surface area contributed by atoms with Gasteiger partial charge in [-0.25, -0.2) is 0 Å². The lowest BCUT2D eigenvalue weighted by atomic mass is 10.1. The van der Waals surface area contributed by atoms with E-state index >= 15 is 0 Å². The molecule has 5 heteroatoms. The van der Waals surface area contributed by atoms with E-state index in [1.165, 1.54) is 0 Å². The monoisotopic (exact) mass is 298 g/mol. The van der Waals surface area contributed by atoms with Crippen LogP contribution in [0.1, 0.15) is 18.9 Å². The number of ether oxygens (including phenoxy) is 1. The highest BCUT2D eigenvalue weighted by molar-refractivity contribution is 7.98.